The van der Waals surface area contributed by atoms with Crippen molar-refractivity contribution >= 4 is 45.0 Å². The fourth-order valence-electron chi connectivity index (χ4n) is 5.29. The number of thiophene rings is 1. The minimum absolute atomic E-state index is 0.138. The summed E-state index contributed by atoms with van der Waals surface area (Å²) in [7, 11) is 0. The number of hydrogen-bond donors (Lipinski definition) is 1. The Morgan fingerprint density at radius 3 is 2.22 bits per heavy atom. The number of carbonyl (C=O) groups is 2. The molecule has 1 N–H and O–H groups in total. The Labute approximate surface area is 272 Å². The van der Waals surface area contributed by atoms with Crippen LogP contribution in [0.15, 0.2) is 46.2 Å². The molecule has 2 aromatic heterocycles. The maximum absolute atomic E-state index is 13.5. The summed E-state index contributed by atoms with van der Waals surface area (Å²) < 4.78 is 41.9. The van der Waals surface area contributed by atoms with E-state index in [1.165, 1.54) is 10.9 Å². The third-order valence-corrected chi connectivity index (χ3v) is 9.08. The molecule has 0 spiro atoms. The molecule has 2 aliphatic rings. The van der Waals surface area contributed by atoms with Crippen molar-refractivity contribution in [1.29, 1.82) is 0 Å². The van der Waals surface area contributed by atoms with Gasteiger partial charge in [0, 0.05) is 37.9 Å². The van der Waals surface area contributed by atoms with E-state index in [1.807, 2.05) is 32.6 Å². The number of hydrogen-bond acceptors (Lipinski definition) is 6. The molecule has 8 nitrogen and oxygen atoms in total. The molecule has 2 amide bonds. The van der Waals surface area contributed by atoms with Crippen molar-refractivity contribution < 1.29 is 22.8 Å². The quantitative estimate of drug-likeness (QED) is 0.301. The zero-order valence-corrected chi connectivity index (χ0v) is 28.6. The minimum atomic E-state index is -4.63. The molecule has 0 unspecified atom stereocenters. The first-order valence-electron chi connectivity index (χ1n) is 15.6. The molecule has 0 atom stereocenters. The van der Waals surface area contributed by atoms with Gasteiger partial charge in [-0.2, -0.15) is 13.2 Å². The van der Waals surface area contributed by atoms with Gasteiger partial charge in [0.05, 0.1) is 27.2 Å². The van der Waals surface area contributed by atoms with Gasteiger partial charge in [0.2, 0.25) is 5.91 Å². The highest BCUT2D eigenvalue weighted by Gasteiger charge is 2.35. The molecule has 1 aliphatic heterocycles. The van der Waals surface area contributed by atoms with Gasteiger partial charge in [-0.3, -0.25) is 19.0 Å². The number of allylic oxidation sites excluding steroid dienone is 5. The largest absolute Gasteiger partial charge is 0.417 e. The number of aromatic nitrogens is 2. The van der Waals surface area contributed by atoms with Gasteiger partial charge in [0.1, 0.15) is 11.4 Å². The molecule has 1 saturated heterocycles. The first kappa shape index (κ1) is 38.1. The number of nitrogens with zero attached hydrogens (tertiary/aromatic N) is 4. The van der Waals surface area contributed by atoms with Crippen LogP contribution in [0.4, 0.5) is 13.2 Å². The molecule has 3 heterocycles. The number of alkyl halides is 3. The van der Waals surface area contributed by atoms with Gasteiger partial charge in [-0.05, 0) is 37.8 Å². The predicted molar refractivity (Wildman–Crippen MR) is 177 cm³/mol. The van der Waals surface area contributed by atoms with Crippen LogP contribution in [-0.4, -0.2) is 69.6 Å². The molecule has 1 saturated carbocycles. The lowest BCUT2D eigenvalue weighted by atomic mass is 10.1. The van der Waals surface area contributed by atoms with E-state index in [9.17, 15) is 27.6 Å². The number of amides is 2. The Morgan fingerprint density at radius 2 is 1.69 bits per heavy atom. The molecule has 13 heteroatoms. The SMILES string of the molecule is C=C/C(Cl)=C(\C=C(/CC)N1CCN(C(=O)c2sc3ncn(CC(=O)NC4CCCC4)c(=O)c3c2C)CC1)C(F)(F)F.CC.CC. The van der Waals surface area contributed by atoms with Gasteiger partial charge in [0.25, 0.3) is 11.5 Å². The van der Waals surface area contributed by atoms with Crippen molar-refractivity contribution in [2.24, 2.45) is 0 Å². The molecule has 0 bridgehead atoms. The van der Waals surface area contributed by atoms with Gasteiger partial charge < -0.3 is 15.1 Å². The number of carbonyl (C=O) groups excluding carboxylic acids is 2. The molecule has 2 aromatic rings. The highest BCUT2D eigenvalue weighted by Crippen LogP contribution is 2.33. The number of rotatable bonds is 8. The summed E-state index contributed by atoms with van der Waals surface area (Å²) in [5.74, 6) is -0.505. The van der Waals surface area contributed by atoms with E-state index >= 15 is 0 Å². The highest BCUT2D eigenvalue weighted by molar-refractivity contribution is 7.20. The lowest BCUT2D eigenvalue weighted by Crippen LogP contribution is -2.48. The van der Waals surface area contributed by atoms with Crippen molar-refractivity contribution in [2.45, 2.75) is 92.4 Å². The van der Waals surface area contributed by atoms with Crippen molar-refractivity contribution in [3.63, 3.8) is 0 Å². The molecule has 250 valence electrons. The van der Waals surface area contributed by atoms with E-state index in [-0.39, 0.29) is 30.0 Å². The second-order valence-corrected chi connectivity index (χ2v) is 11.6. The van der Waals surface area contributed by atoms with E-state index in [1.54, 1.807) is 18.7 Å². The van der Waals surface area contributed by atoms with Crippen LogP contribution in [0.3, 0.4) is 0 Å². The first-order valence-corrected chi connectivity index (χ1v) is 16.8. The normalized spacial score (nSPS) is 16.4. The van der Waals surface area contributed by atoms with E-state index < -0.39 is 16.8 Å². The lowest BCUT2D eigenvalue weighted by molar-refractivity contribution is -0.122. The van der Waals surface area contributed by atoms with Crippen molar-refractivity contribution in [3.8, 4) is 0 Å². The molecule has 4 rings (SSSR count). The van der Waals surface area contributed by atoms with Crippen LogP contribution < -0.4 is 10.9 Å². The summed E-state index contributed by atoms with van der Waals surface area (Å²) in [6.07, 6.45) is 3.10. The standard InChI is InChI=1S/C28H33ClF3N5O3S.2C2H6/c1-4-19(14-20(21(29)5-2)28(30,31)32)35-10-12-36(13-11-35)27(40)24-17(3)23-25(41-24)33-16-37(26(23)39)15-22(38)34-18-8-6-7-9-18;2*1-2/h5,14,16,18H,2,4,6-13,15H2,1,3H3,(H,34,38);2*1-2H3/b19-14+,21-20-;;. The third kappa shape index (κ3) is 9.45. The number of nitrogens with one attached hydrogen (secondary N) is 1. The van der Waals surface area contributed by atoms with Crippen LogP contribution in [-0.2, 0) is 11.3 Å². The zero-order chi connectivity index (χ0) is 33.9. The van der Waals surface area contributed by atoms with Gasteiger partial charge in [-0.25, -0.2) is 4.98 Å². The van der Waals surface area contributed by atoms with Crippen LogP contribution in [0.5, 0.6) is 0 Å². The van der Waals surface area contributed by atoms with Crippen LogP contribution in [0.1, 0.15) is 82.0 Å². The van der Waals surface area contributed by atoms with Crippen molar-refractivity contribution in [2.75, 3.05) is 26.2 Å². The minimum Gasteiger partial charge on any atom is -0.371 e. The van der Waals surface area contributed by atoms with E-state index in [0.29, 0.717) is 59.0 Å². The molecular formula is C32H45ClF3N5O3S. The second kappa shape index (κ2) is 17.5. The molecule has 0 aromatic carbocycles. The smallest absolute Gasteiger partial charge is 0.371 e. The fourth-order valence-corrected chi connectivity index (χ4v) is 6.56. The molecule has 0 radical (unpaired) electrons. The maximum atomic E-state index is 13.5. The van der Waals surface area contributed by atoms with Crippen LogP contribution in [0.25, 0.3) is 10.2 Å². The predicted octanol–water partition coefficient (Wildman–Crippen LogP) is 7.17. The highest BCUT2D eigenvalue weighted by atomic mass is 35.5. The van der Waals surface area contributed by atoms with Gasteiger partial charge in [0.15, 0.2) is 0 Å². The van der Waals surface area contributed by atoms with Crippen LogP contribution in [0, 0.1) is 6.92 Å². The Kier molecular flexibility index (Phi) is 14.8. The molecule has 45 heavy (non-hydrogen) atoms. The van der Waals surface area contributed by atoms with Crippen LogP contribution >= 0.6 is 22.9 Å². The Hall–Kier alpha value is -3.12. The topological polar surface area (TPSA) is 87.5 Å². The summed E-state index contributed by atoms with van der Waals surface area (Å²) in [5.41, 5.74) is -0.365. The molecule has 1 aliphatic carbocycles. The molecular weight excluding hydrogens is 627 g/mol. The summed E-state index contributed by atoms with van der Waals surface area (Å²) in [4.78, 5) is 47.8. The van der Waals surface area contributed by atoms with E-state index in [2.05, 4.69) is 16.9 Å². The molecule has 2 fully saturated rings. The number of aryl methyl sites for hydroxylation is 1. The summed E-state index contributed by atoms with van der Waals surface area (Å²) in [6, 6.07) is 0.138. The average molecular weight is 672 g/mol. The average Bonchev–Trinajstić information content (AvgIpc) is 3.67. The second-order valence-electron chi connectivity index (χ2n) is 10.2. The summed E-state index contributed by atoms with van der Waals surface area (Å²) in [6.45, 7) is 15.9. The number of fused-ring (bicyclic) bond motifs is 1. The van der Waals surface area contributed by atoms with Gasteiger partial charge in [-0.1, -0.05) is 71.7 Å². The Morgan fingerprint density at radius 1 is 1.11 bits per heavy atom. The Balaban J connectivity index is 0.00000169. The Bertz CT molecular complexity index is 1450. The third-order valence-electron chi connectivity index (χ3n) is 7.53. The maximum Gasteiger partial charge on any atom is 0.417 e. The van der Waals surface area contributed by atoms with Crippen molar-refractivity contribution in [1.82, 2.24) is 24.7 Å². The first-order chi connectivity index (χ1) is 21.4. The van der Waals surface area contributed by atoms with Crippen LogP contribution in [0.2, 0.25) is 0 Å². The number of piperazine rings is 1. The van der Waals surface area contributed by atoms with E-state index in [0.717, 1.165) is 49.2 Å². The van der Waals surface area contributed by atoms with Gasteiger partial charge in [-0.15, -0.1) is 11.3 Å². The summed E-state index contributed by atoms with van der Waals surface area (Å²) >= 11 is 6.92. The number of halogens is 4. The van der Waals surface area contributed by atoms with Gasteiger partial charge >= 0.3 is 6.18 Å². The van der Waals surface area contributed by atoms with E-state index in [4.69, 9.17) is 11.6 Å². The monoisotopic (exact) mass is 671 g/mol. The zero-order valence-electron chi connectivity index (χ0n) is 27.0. The van der Waals surface area contributed by atoms with Crippen molar-refractivity contribution in [3.05, 3.63) is 62.2 Å². The fraction of sp³-hybridized carbons (Fsp3) is 0.562. The lowest BCUT2D eigenvalue weighted by Gasteiger charge is -2.37. The summed E-state index contributed by atoms with van der Waals surface area (Å²) in [5, 5.41) is 2.81.